The first-order valence-corrected chi connectivity index (χ1v) is 11.9. The smallest absolute Gasteiger partial charge is 0.130 e. The highest BCUT2D eigenvalue weighted by molar-refractivity contribution is 7.56. The van der Waals surface area contributed by atoms with E-state index in [0.29, 0.717) is 15.2 Å². The Morgan fingerprint density at radius 2 is 1.41 bits per heavy atom. The summed E-state index contributed by atoms with van der Waals surface area (Å²) in [7, 11) is 0.485. The van der Waals surface area contributed by atoms with E-state index in [1.165, 1.54) is 27.3 Å². The molecule has 0 saturated carbocycles. The molecule has 3 heteroatoms. The summed E-state index contributed by atoms with van der Waals surface area (Å²) in [6.07, 6.45) is 0. The second-order valence-electron chi connectivity index (χ2n) is 7.88. The van der Waals surface area contributed by atoms with Crippen LogP contribution in [-0.2, 0) is 6.61 Å². The molecule has 1 unspecified atom stereocenters. The fourth-order valence-electron chi connectivity index (χ4n) is 3.70. The monoisotopic (exact) mass is 437 g/mol. The number of rotatable bonds is 7. The van der Waals surface area contributed by atoms with E-state index >= 15 is 0 Å². The summed E-state index contributed by atoms with van der Waals surface area (Å²) in [5.74, 6) is 0.988. The molecule has 0 saturated heterocycles. The second-order valence-corrected chi connectivity index (χ2v) is 9.17. The standard InChI is InChI=1S/C29H28NOP/c1-21-12-11-19-27(28(21)31-20-24-14-6-4-7-15-24)32-29-22(2)13-10-18-26(29)23(3)30-25-16-8-5-9-17-25/h4-19,32H,20H2,1-3H3. The largest absolute Gasteiger partial charge is 0.488 e. The van der Waals surface area contributed by atoms with E-state index in [-0.39, 0.29) is 0 Å². The van der Waals surface area contributed by atoms with Gasteiger partial charge in [0.05, 0.1) is 5.69 Å². The van der Waals surface area contributed by atoms with Gasteiger partial charge >= 0.3 is 0 Å². The molecule has 4 rings (SSSR count). The Balaban J connectivity index is 1.66. The van der Waals surface area contributed by atoms with Crippen molar-refractivity contribution in [2.45, 2.75) is 27.4 Å². The first-order valence-electron chi connectivity index (χ1n) is 10.9. The molecule has 0 heterocycles. The lowest BCUT2D eigenvalue weighted by molar-refractivity contribution is 0.307. The minimum atomic E-state index is 0.485. The molecule has 0 aliphatic carbocycles. The van der Waals surface area contributed by atoms with Crippen LogP contribution in [-0.4, -0.2) is 5.71 Å². The van der Waals surface area contributed by atoms with Crippen LogP contribution in [0.1, 0.15) is 29.2 Å². The highest BCUT2D eigenvalue weighted by atomic mass is 31.1. The third kappa shape index (κ3) is 5.33. The van der Waals surface area contributed by atoms with Gasteiger partial charge in [-0.1, -0.05) is 93.5 Å². The Bertz CT molecular complexity index is 1220. The first-order chi connectivity index (χ1) is 15.6. The van der Waals surface area contributed by atoms with Crippen molar-refractivity contribution in [2.75, 3.05) is 0 Å². The van der Waals surface area contributed by atoms with Crippen LogP contribution in [0.15, 0.2) is 102 Å². The molecule has 0 aliphatic rings. The molecule has 0 fully saturated rings. The highest BCUT2D eigenvalue weighted by Crippen LogP contribution is 2.27. The van der Waals surface area contributed by atoms with Gasteiger partial charge in [-0.05, 0) is 54.9 Å². The van der Waals surface area contributed by atoms with Crippen molar-refractivity contribution in [3.63, 3.8) is 0 Å². The molecule has 0 aromatic heterocycles. The van der Waals surface area contributed by atoms with Crippen LogP contribution >= 0.6 is 8.58 Å². The molecule has 2 nitrogen and oxygen atoms in total. The van der Waals surface area contributed by atoms with Gasteiger partial charge in [0.15, 0.2) is 0 Å². The van der Waals surface area contributed by atoms with Gasteiger partial charge in [0, 0.05) is 16.6 Å². The van der Waals surface area contributed by atoms with E-state index < -0.39 is 0 Å². The summed E-state index contributed by atoms with van der Waals surface area (Å²) in [6, 6.07) is 33.4. The van der Waals surface area contributed by atoms with Crippen LogP contribution in [0.4, 0.5) is 5.69 Å². The Hall–Kier alpha value is -3.22. The zero-order chi connectivity index (χ0) is 22.3. The van der Waals surface area contributed by atoms with Gasteiger partial charge in [-0.15, -0.1) is 0 Å². The second kappa shape index (κ2) is 10.4. The summed E-state index contributed by atoms with van der Waals surface area (Å²) >= 11 is 0. The van der Waals surface area contributed by atoms with Crippen molar-refractivity contribution in [2.24, 2.45) is 4.99 Å². The summed E-state index contributed by atoms with van der Waals surface area (Å²) in [4.78, 5) is 4.88. The third-order valence-corrected chi connectivity index (χ3v) is 6.99. The quantitative estimate of drug-likeness (QED) is 0.234. The fourth-order valence-corrected chi connectivity index (χ4v) is 5.21. The Morgan fingerprint density at radius 1 is 0.750 bits per heavy atom. The van der Waals surface area contributed by atoms with Crippen molar-refractivity contribution in [3.8, 4) is 5.75 Å². The maximum atomic E-state index is 6.34. The summed E-state index contributed by atoms with van der Waals surface area (Å²) in [5, 5.41) is 2.55. The fraction of sp³-hybridized carbons (Fsp3) is 0.138. The van der Waals surface area contributed by atoms with Crippen molar-refractivity contribution >= 4 is 30.6 Å². The first kappa shape index (κ1) is 22.0. The van der Waals surface area contributed by atoms with Crippen LogP contribution in [0.25, 0.3) is 0 Å². The van der Waals surface area contributed by atoms with Gasteiger partial charge in [-0.3, -0.25) is 4.99 Å². The van der Waals surface area contributed by atoms with Gasteiger partial charge in [-0.25, -0.2) is 0 Å². The van der Waals surface area contributed by atoms with Crippen molar-refractivity contribution < 1.29 is 4.74 Å². The number of hydrogen-bond acceptors (Lipinski definition) is 2. The minimum Gasteiger partial charge on any atom is -0.488 e. The van der Waals surface area contributed by atoms with E-state index in [0.717, 1.165) is 22.7 Å². The van der Waals surface area contributed by atoms with Crippen molar-refractivity contribution in [3.05, 3.63) is 119 Å². The lowest BCUT2D eigenvalue weighted by atomic mass is 10.1. The number of aryl methyl sites for hydroxylation is 2. The molecule has 4 aromatic carbocycles. The number of nitrogens with zero attached hydrogens (tertiary/aromatic N) is 1. The van der Waals surface area contributed by atoms with Gasteiger partial charge in [-0.2, -0.15) is 0 Å². The molecule has 0 bridgehead atoms. The molecule has 0 N–H and O–H groups in total. The highest BCUT2D eigenvalue weighted by Gasteiger charge is 2.14. The summed E-state index contributed by atoms with van der Waals surface area (Å²) < 4.78 is 6.34. The molecule has 0 spiro atoms. The Labute approximate surface area is 192 Å². The van der Waals surface area contributed by atoms with Gasteiger partial charge in [0.2, 0.25) is 0 Å². The maximum absolute atomic E-state index is 6.34. The van der Waals surface area contributed by atoms with Crippen molar-refractivity contribution in [1.82, 2.24) is 0 Å². The van der Waals surface area contributed by atoms with Crippen LogP contribution in [0.5, 0.6) is 5.75 Å². The predicted molar refractivity (Wildman–Crippen MR) is 139 cm³/mol. The van der Waals surface area contributed by atoms with Crippen LogP contribution < -0.4 is 15.3 Å². The molecule has 4 aromatic rings. The van der Waals surface area contributed by atoms with E-state index in [2.05, 4.69) is 69.3 Å². The lowest BCUT2D eigenvalue weighted by Crippen LogP contribution is -2.17. The topological polar surface area (TPSA) is 21.6 Å². The SMILES string of the molecule is CC(=Nc1ccccc1)c1cccc(C)c1Pc1cccc(C)c1OCc1ccccc1. The summed E-state index contributed by atoms with van der Waals surface area (Å²) in [5.41, 5.74) is 6.81. The van der Waals surface area contributed by atoms with Gasteiger partial charge < -0.3 is 4.74 Å². The molecule has 0 aliphatic heterocycles. The van der Waals surface area contributed by atoms with Crippen LogP contribution in [0.3, 0.4) is 0 Å². The zero-order valence-electron chi connectivity index (χ0n) is 18.8. The number of aliphatic imine (C=N–C) groups is 1. The van der Waals surface area contributed by atoms with Gasteiger partial charge in [0.1, 0.15) is 12.4 Å². The number of hydrogen-bond donors (Lipinski definition) is 0. The molecular weight excluding hydrogens is 409 g/mol. The average Bonchev–Trinajstić information content (AvgIpc) is 2.81. The zero-order valence-corrected chi connectivity index (χ0v) is 19.8. The lowest BCUT2D eigenvalue weighted by Gasteiger charge is -2.17. The normalized spacial score (nSPS) is 11.8. The van der Waals surface area contributed by atoms with Crippen LogP contribution in [0.2, 0.25) is 0 Å². The molecule has 160 valence electrons. The Morgan fingerprint density at radius 3 is 2.16 bits per heavy atom. The maximum Gasteiger partial charge on any atom is 0.130 e. The molecule has 0 radical (unpaired) electrons. The number of ether oxygens (including phenoxy) is 1. The van der Waals surface area contributed by atoms with Crippen LogP contribution in [0, 0.1) is 13.8 Å². The van der Waals surface area contributed by atoms with Crippen molar-refractivity contribution in [1.29, 1.82) is 0 Å². The Kier molecular flexibility index (Phi) is 7.14. The molecule has 0 amide bonds. The van der Waals surface area contributed by atoms with Gasteiger partial charge in [0.25, 0.3) is 0 Å². The van der Waals surface area contributed by atoms with E-state index in [1.807, 2.05) is 48.5 Å². The number of para-hydroxylation sites is 2. The molecule has 1 atom stereocenters. The van der Waals surface area contributed by atoms with E-state index in [9.17, 15) is 0 Å². The number of benzene rings is 4. The average molecular weight is 438 g/mol. The predicted octanol–water partition coefficient (Wildman–Crippen LogP) is 6.65. The summed E-state index contributed by atoms with van der Waals surface area (Å²) in [6.45, 7) is 6.97. The molecule has 32 heavy (non-hydrogen) atoms. The molecular formula is C29H28NOP. The van der Waals surface area contributed by atoms with E-state index in [1.54, 1.807) is 0 Å². The third-order valence-electron chi connectivity index (χ3n) is 5.41. The minimum absolute atomic E-state index is 0.485. The van der Waals surface area contributed by atoms with E-state index in [4.69, 9.17) is 9.73 Å².